The topological polar surface area (TPSA) is 71.5 Å². The van der Waals surface area contributed by atoms with Gasteiger partial charge in [-0.2, -0.15) is 0 Å². The van der Waals surface area contributed by atoms with Crippen molar-refractivity contribution in [3.63, 3.8) is 0 Å². The van der Waals surface area contributed by atoms with Crippen molar-refractivity contribution in [1.29, 1.82) is 0 Å². The van der Waals surface area contributed by atoms with Gasteiger partial charge in [0.25, 0.3) is 0 Å². The second kappa shape index (κ2) is 7.79. The van der Waals surface area contributed by atoms with E-state index in [9.17, 15) is 9.59 Å². The summed E-state index contributed by atoms with van der Waals surface area (Å²) in [6, 6.07) is 3.74. The van der Waals surface area contributed by atoms with Gasteiger partial charge in [0.2, 0.25) is 11.8 Å². The summed E-state index contributed by atoms with van der Waals surface area (Å²) in [5, 5.41) is 3.79. The molecule has 2 aliphatic heterocycles. The van der Waals surface area contributed by atoms with Crippen molar-refractivity contribution in [2.45, 2.75) is 36.8 Å². The van der Waals surface area contributed by atoms with Crippen LogP contribution in [0.5, 0.6) is 0 Å². The Balaban J connectivity index is 1.44. The Kier molecular flexibility index (Phi) is 5.51. The molecule has 1 saturated heterocycles. The lowest BCUT2D eigenvalue weighted by Gasteiger charge is -2.28. The smallest absolute Gasteiger partial charge is 0.237 e. The van der Waals surface area contributed by atoms with Gasteiger partial charge in [-0.15, -0.1) is 0 Å². The average molecular weight is 335 g/mol. The Morgan fingerprint density at radius 2 is 2.43 bits per heavy atom. The zero-order chi connectivity index (χ0) is 16.1. The van der Waals surface area contributed by atoms with Gasteiger partial charge in [-0.1, -0.05) is 11.8 Å². The normalized spacial score (nSPS) is 20.4. The van der Waals surface area contributed by atoms with E-state index in [1.54, 1.807) is 11.1 Å². The maximum absolute atomic E-state index is 12.1. The van der Waals surface area contributed by atoms with Gasteiger partial charge in [0.05, 0.1) is 17.5 Å². The Labute approximate surface area is 140 Å². The molecule has 0 bridgehead atoms. The number of ether oxygens (including phenoxy) is 1. The largest absolute Gasteiger partial charge is 0.376 e. The Morgan fingerprint density at radius 3 is 3.26 bits per heavy atom. The third kappa shape index (κ3) is 4.23. The number of thioether (sulfide) groups is 1. The van der Waals surface area contributed by atoms with Gasteiger partial charge in [-0.3, -0.25) is 9.59 Å². The zero-order valence-corrected chi connectivity index (χ0v) is 13.8. The van der Waals surface area contributed by atoms with E-state index in [2.05, 4.69) is 10.3 Å². The van der Waals surface area contributed by atoms with E-state index in [-0.39, 0.29) is 17.9 Å². The summed E-state index contributed by atoms with van der Waals surface area (Å²) in [6.07, 6.45) is 5.05. The third-order valence-corrected chi connectivity index (χ3v) is 4.99. The van der Waals surface area contributed by atoms with E-state index in [0.29, 0.717) is 31.7 Å². The van der Waals surface area contributed by atoms with Crippen LogP contribution in [0.3, 0.4) is 0 Å². The Bertz CT molecular complexity index is 575. The fourth-order valence-electron chi connectivity index (χ4n) is 2.81. The van der Waals surface area contributed by atoms with Gasteiger partial charge < -0.3 is 15.0 Å². The summed E-state index contributed by atoms with van der Waals surface area (Å²) < 4.78 is 5.48. The molecule has 0 aromatic carbocycles. The van der Waals surface area contributed by atoms with E-state index in [1.807, 2.05) is 12.1 Å². The van der Waals surface area contributed by atoms with Gasteiger partial charge in [-0.05, 0) is 31.4 Å². The average Bonchev–Trinajstić information content (AvgIpc) is 3.08. The molecule has 0 radical (unpaired) electrons. The summed E-state index contributed by atoms with van der Waals surface area (Å²) in [4.78, 5) is 30.0. The molecular formula is C16H21N3O3S. The van der Waals surface area contributed by atoms with E-state index < -0.39 is 0 Å². The molecule has 23 heavy (non-hydrogen) atoms. The molecule has 7 heteroatoms. The summed E-state index contributed by atoms with van der Waals surface area (Å²) in [5.41, 5.74) is 0.855. The fourth-order valence-corrected chi connectivity index (χ4v) is 3.68. The fraction of sp³-hybridized carbons (Fsp3) is 0.562. The van der Waals surface area contributed by atoms with Crippen molar-refractivity contribution in [3.05, 3.63) is 18.3 Å². The number of rotatable bonds is 6. The van der Waals surface area contributed by atoms with Gasteiger partial charge in [0.1, 0.15) is 5.03 Å². The standard InChI is InChI=1S/C16H21N3O3S/c20-14(18-10-12-4-3-9-22-12)6-2-8-19-13-5-1-7-17-16(13)23-11-15(19)21/h1,5,7,12H,2-4,6,8-11H2,(H,18,20). The molecule has 0 saturated carbocycles. The van der Waals surface area contributed by atoms with Crippen LogP contribution < -0.4 is 10.2 Å². The first-order valence-electron chi connectivity index (χ1n) is 8.00. The molecule has 1 aromatic heterocycles. The molecule has 1 N–H and O–H groups in total. The van der Waals surface area contributed by atoms with Crippen LogP contribution >= 0.6 is 11.8 Å². The van der Waals surface area contributed by atoms with Gasteiger partial charge in [0.15, 0.2) is 0 Å². The summed E-state index contributed by atoms with van der Waals surface area (Å²) >= 11 is 1.47. The van der Waals surface area contributed by atoms with Crippen LogP contribution in [0.15, 0.2) is 23.4 Å². The molecule has 1 unspecified atom stereocenters. The molecule has 124 valence electrons. The van der Waals surface area contributed by atoms with Crippen LogP contribution in [0, 0.1) is 0 Å². The lowest BCUT2D eigenvalue weighted by Crippen LogP contribution is -2.37. The second-order valence-corrected chi connectivity index (χ2v) is 6.67. The summed E-state index contributed by atoms with van der Waals surface area (Å²) in [5.74, 6) is 0.510. The number of amides is 2. The highest BCUT2D eigenvalue weighted by atomic mass is 32.2. The highest BCUT2D eigenvalue weighted by Crippen LogP contribution is 2.33. The molecule has 2 aliphatic rings. The number of hydrogen-bond acceptors (Lipinski definition) is 5. The number of aromatic nitrogens is 1. The first kappa shape index (κ1) is 16.3. The number of carbonyl (C=O) groups is 2. The maximum Gasteiger partial charge on any atom is 0.237 e. The molecule has 1 aromatic rings. The van der Waals surface area contributed by atoms with E-state index in [0.717, 1.165) is 30.2 Å². The van der Waals surface area contributed by atoms with Crippen LogP contribution in [0.2, 0.25) is 0 Å². The van der Waals surface area contributed by atoms with Gasteiger partial charge >= 0.3 is 0 Å². The molecular weight excluding hydrogens is 314 g/mol. The number of fused-ring (bicyclic) bond motifs is 1. The first-order valence-corrected chi connectivity index (χ1v) is 8.99. The van der Waals surface area contributed by atoms with Gasteiger partial charge in [0, 0.05) is 32.3 Å². The number of nitrogens with zero attached hydrogens (tertiary/aromatic N) is 2. The number of pyridine rings is 1. The van der Waals surface area contributed by atoms with Crippen LogP contribution in [-0.4, -0.2) is 48.4 Å². The highest BCUT2D eigenvalue weighted by Gasteiger charge is 2.25. The summed E-state index contributed by atoms with van der Waals surface area (Å²) in [6.45, 7) is 1.93. The molecule has 3 rings (SSSR count). The van der Waals surface area contributed by atoms with Crippen LogP contribution in [0.25, 0.3) is 0 Å². The number of anilines is 1. The Hall–Kier alpha value is -1.60. The number of nitrogens with one attached hydrogen (secondary N) is 1. The molecule has 1 fully saturated rings. The minimum atomic E-state index is 0.0192. The second-order valence-electron chi connectivity index (χ2n) is 5.70. The third-order valence-electron chi connectivity index (χ3n) is 4.01. The zero-order valence-electron chi connectivity index (χ0n) is 13.0. The first-order chi connectivity index (χ1) is 11.2. The highest BCUT2D eigenvalue weighted by molar-refractivity contribution is 8.00. The quantitative estimate of drug-likeness (QED) is 0.855. The SMILES string of the molecule is O=C(CCCN1C(=O)CSc2ncccc21)NCC1CCCO1. The van der Waals surface area contributed by atoms with Crippen LogP contribution in [0.4, 0.5) is 5.69 Å². The number of hydrogen-bond donors (Lipinski definition) is 1. The van der Waals surface area contributed by atoms with Crippen molar-refractivity contribution in [1.82, 2.24) is 10.3 Å². The molecule has 3 heterocycles. The van der Waals surface area contributed by atoms with Crippen LogP contribution in [-0.2, 0) is 14.3 Å². The summed E-state index contributed by atoms with van der Waals surface area (Å²) in [7, 11) is 0. The molecule has 0 aliphatic carbocycles. The van der Waals surface area contributed by atoms with Crippen LogP contribution in [0.1, 0.15) is 25.7 Å². The van der Waals surface area contributed by atoms with E-state index >= 15 is 0 Å². The Morgan fingerprint density at radius 1 is 1.52 bits per heavy atom. The van der Waals surface area contributed by atoms with Crippen molar-refractivity contribution >= 4 is 29.3 Å². The van der Waals surface area contributed by atoms with E-state index in [1.165, 1.54) is 11.8 Å². The maximum atomic E-state index is 12.1. The molecule has 6 nitrogen and oxygen atoms in total. The predicted octanol–water partition coefficient (Wildman–Crippen LogP) is 1.60. The molecule has 0 spiro atoms. The minimum Gasteiger partial charge on any atom is -0.376 e. The molecule has 2 amide bonds. The van der Waals surface area contributed by atoms with Crippen molar-refractivity contribution in [3.8, 4) is 0 Å². The van der Waals surface area contributed by atoms with Crippen molar-refractivity contribution in [2.75, 3.05) is 30.3 Å². The van der Waals surface area contributed by atoms with Crippen molar-refractivity contribution in [2.24, 2.45) is 0 Å². The molecule has 1 atom stereocenters. The minimum absolute atomic E-state index is 0.0192. The predicted molar refractivity (Wildman–Crippen MR) is 88.5 cm³/mol. The van der Waals surface area contributed by atoms with Crippen molar-refractivity contribution < 1.29 is 14.3 Å². The number of carbonyl (C=O) groups excluding carboxylic acids is 2. The monoisotopic (exact) mass is 335 g/mol. The van der Waals surface area contributed by atoms with E-state index in [4.69, 9.17) is 4.74 Å². The lowest BCUT2D eigenvalue weighted by atomic mass is 10.2. The lowest BCUT2D eigenvalue weighted by molar-refractivity contribution is -0.122. The van der Waals surface area contributed by atoms with Gasteiger partial charge in [-0.25, -0.2) is 4.98 Å².